The molecule has 1 aromatic rings. The van der Waals surface area contributed by atoms with E-state index in [4.69, 9.17) is 5.73 Å². The number of nitrogens with one attached hydrogen (secondary N) is 1. The van der Waals surface area contributed by atoms with E-state index in [1.165, 1.54) is 12.1 Å². The fourth-order valence-corrected chi connectivity index (χ4v) is 1.98. The summed E-state index contributed by atoms with van der Waals surface area (Å²) in [5, 5.41) is 13.8. The van der Waals surface area contributed by atoms with Crippen LogP contribution in [0.5, 0.6) is 0 Å². The van der Waals surface area contributed by atoms with Gasteiger partial charge in [-0.15, -0.1) is 0 Å². The van der Waals surface area contributed by atoms with Gasteiger partial charge in [-0.05, 0) is 19.1 Å². The highest BCUT2D eigenvalue weighted by Crippen LogP contribution is 2.27. The second-order valence-corrected chi connectivity index (χ2v) is 6.01. The first-order chi connectivity index (χ1) is 8.25. The molecular formula is C10H15N3O4S. The van der Waals surface area contributed by atoms with Crippen molar-refractivity contribution in [3.8, 4) is 0 Å². The molecule has 1 unspecified atom stereocenters. The lowest BCUT2D eigenvalue weighted by Gasteiger charge is -2.13. The average Bonchev–Trinajstić information content (AvgIpc) is 2.27. The Balaban J connectivity index is 3.25. The van der Waals surface area contributed by atoms with E-state index in [1.54, 1.807) is 6.92 Å². The Morgan fingerprint density at radius 3 is 2.56 bits per heavy atom. The second kappa shape index (κ2) is 5.32. The topological polar surface area (TPSA) is 115 Å². The van der Waals surface area contributed by atoms with Crippen LogP contribution in [0, 0.1) is 10.1 Å². The van der Waals surface area contributed by atoms with Crippen molar-refractivity contribution in [3.05, 3.63) is 28.3 Å². The highest BCUT2D eigenvalue weighted by atomic mass is 32.2. The standard InChI is InChI=1S/C10H15N3O4S/c1-7(6-11)12-9-4-3-8(18(2,16)17)5-10(9)13(14)15/h3-5,7,12H,6,11H2,1-2H3. The summed E-state index contributed by atoms with van der Waals surface area (Å²) < 4.78 is 22.7. The summed E-state index contributed by atoms with van der Waals surface area (Å²) in [6.07, 6.45) is 1.00. The van der Waals surface area contributed by atoms with Crippen LogP contribution in [0.2, 0.25) is 0 Å². The van der Waals surface area contributed by atoms with Crippen LogP contribution in [0.3, 0.4) is 0 Å². The van der Waals surface area contributed by atoms with Gasteiger partial charge in [-0.25, -0.2) is 8.42 Å². The van der Waals surface area contributed by atoms with Crippen molar-refractivity contribution in [2.24, 2.45) is 5.73 Å². The number of hydrogen-bond acceptors (Lipinski definition) is 6. The summed E-state index contributed by atoms with van der Waals surface area (Å²) in [5.74, 6) is 0. The highest BCUT2D eigenvalue weighted by Gasteiger charge is 2.19. The van der Waals surface area contributed by atoms with E-state index >= 15 is 0 Å². The molecule has 0 heterocycles. The fraction of sp³-hybridized carbons (Fsp3) is 0.400. The van der Waals surface area contributed by atoms with Gasteiger partial charge in [0.25, 0.3) is 5.69 Å². The van der Waals surface area contributed by atoms with Gasteiger partial charge in [-0.1, -0.05) is 0 Å². The Hall–Kier alpha value is -1.67. The molecule has 18 heavy (non-hydrogen) atoms. The highest BCUT2D eigenvalue weighted by molar-refractivity contribution is 7.90. The lowest BCUT2D eigenvalue weighted by atomic mass is 10.2. The zero-order valence-corrected chi connectivity index (χ0v) is 10.9. The molecule has 8 heteroatoms. The molecule has 0 fully saturated rings. The quantitative estimate of drug-likeness (QED) is 0.604. The lowest BCUT2D eigenvalue weighted by Crippen LogP contribution is -2.25. The number of anilines is 1. The Bertz CT molecular complexity index is 556. The van der Waals surface area contributed by atoms with E-state index in [-0.39, 0.29) is 22.3 Å². The van der Waals surface area contributed by atoms with E-state index in [0.29, 0.717) is 6.54 Å². The van der Waals surface area contributed by atoms with E-state index in [1.807, 2.05) is 0 Å². The number of sulfone groups is 1. The van der Waals surface area contributed by atoms with Crippen molar-refractivity contribution < 1.29 is 13.3 Å². The normalized spacial score (nSPS) is 13.1. The predicted octanol–water partition coefficient (Wildman–Crippen LogP) is 0.757. The van der Waals surface area contributed by atoms with Crippen molar-refractivity contribution in [1.29, 1.82) is 0 Å². The molecule has 100 valence electrons. The van der Waals surface area contributed by atoms with Crippen LogP contribution in [-0.2, 0) is 9.84 Å². The molecule has 0 aliphatic heterocycles. The molecule has 0 radical (unpaired) electrons. The Labute approximate surface area is 105 Å². The van der Waals surface area contributed by atoms with Gasteiger partial charge in [0.15, 0.2) is 9.84 Å². The van der Waals surface area contributed by atoms with Crippen molar-refractivity contribution >= 4 is 21.2 Å². The van der Waals surface area contributed by atoms with Crippen molar-refractivity contribution in [1.82, 2.24) is 0 Å². The first kappa shape index (κ1) is 14.4. The molecule has 0 saturated heterocycles. The van der Waals surface area contributed by atoms with E-state index < -0.39 is 14.8 Å². The van der Waals surface area contributed by atoms with Crippen molar-refractivity contribution in [2.75, 3.05) is 18.1 Å². The molecular weight excluding hydrogens is 258 g/mol. The van der Waals surface area contributed by atoms with E-state index in [0.717, 1.165) is 12.3 Å². The lowest BCUT2D eigenvalue weighted by molar-refractivity contribution is -0.384. The zero-order valence-electron chi connectivity index (χ0n) is 10.1. The van der Waals surface area contributed by atoms with Gasteiger partial charge in [0.05, 0.1) is 9.82 Å². The number of rotatable bonds is 5. The van der Waals surface area contributed by atoms with Gasteiger partial charge in [-0.2, -0.15) is 0 Å². The summed E-state index contributed by atoms with van der Waals surface area (Å²) in [6, 6.07) is 3.60. The van der Waals surface area contributed by atoms with Crippen molar-refractivity contribution in [2.45, 2.75) is 17.9 Å². The van der Waals surface area contributed by atoms with Crippen LogP contribution in [0.15, 0.2) is 23.1 Å². The minimum absolute atomic E-state index is 0.0832. The third-order valence-electron chi connectivity index (χ3n) is 2.35. The van der Waals surface area contributed by atoms with Crippen LogP contribution in [0.25, 0.3) is 0 Å². The van der Waals surface area contributed by atoms with Crippen LogP contribution < -0.4 is 11.1 Å². The van der Waals surface area contributed by atoms with Gasteiger partial charge in [0.2, 0.25) is 0 Å². The molecule has 0 spiro atoms. The largest absolute Gasteiger partial charge is 0.376 e. The third-order valence-corrected chi connectivity index (χ3v) is 3.46. The Morgan fingerprint density at radius 1 is 1.50 bits per heavy atom. The van der Waals surface area contributed by atoms with Gasteiger partial charge in [-0.3, -0.25) is 10.1 Å². The average molecular weight is 273 g/mol. The molecule has 1 atom stereocenters. The monoisotopic (exact) mass is 273 g/mol. The predicted molar refractivity (Wildman–Crippen MR) is 68.3 cm³/mol. The maximum atomic E-state index is 11.3. The van der Waals surface area contributed by atoms with Crippen molar-refractivity contribution in [3.63, 3.8) is 0 Å². The molecule has 3 N–H and O–H groups in total. The summed E-state index contributed by atoms with van der Waals surface area (Å²) in [7, 11) is -3.47. The van der Waals surface area contributed by atoms with Gasteiger partial charge >= 0.3 is 0 Å². The molecule has 0 aliphatic carbocycles. The Morgan fingerprint density at radius 2 is 2.11 bits per heavy atom. The van der Waals surface area contributed by atoms with Crippen LogP contribution in [-0.4, -0.2) is 32.2 Å². The molecule has 1 rings (SSSR count). The van der Waals surface area contributed by atoms with Gasteiger partial charge in [0, 0.05) is 24.9 Å². The maximum absolute atomic E-state index is 11.3. The number of hydrogen-bond donors (Lipinski definition) is 2. The smallest absolute Gasteiger partial charge is 0.293 e. The summed E-state index contributed by atoms with van der Waals surface area (Å²) in [4.78, 5) is 10.2. The zero-order chi connectivity index (χ0) is 13.9. The number of nitro groups is 1. The second-order valence-electron chi connectivity index (χ2n) is 3.99. The SMILES string of the molecule is CC(CN)Nc1ccc(S(C)(=O)=O)cc1[N+](=O)[O-]. The maximum Gasteiger partial charge on any atom is 0.293 e. The molecule has 0 aromatic heterocycles. The molecule has 0 bridgehead atoms. The summed E-state index contributed by atoms with van der Waals surface area (Å²) in [6.45, 7) is 2.08. The van der Waals surface area contributed by atoms with Crippen LogP contribution in [0.4, 0.5) is 11.4 Å². The third kappa shape index (κ3) is 3.41. The molecule has 0 saturated carbocycles. The van der Waals surface area contributed by atoms with Gasteiger partial charge < -0.3 is 11.1 Å². The summed E-state index contributed by atoms with van der Waals surface area (Å²) in [5.41, 5.74) is 5.39. The molecule has 1 aromatic carbocycles. The van der Waals surface area contributed by atoms with Gasteiger partial charge in [0.1, 0.15) is 5.69 Å². The molecule has 0 aliphatic rings. The number of benzene rings is 1. The van der Waals surface area contributed by atoms with Crippen LogP contribution in [0.1, 0.15) is 6.92 Å². The fourth-order valence-electron chi connectivity index (χ4n) is 1.34. The van der Waals surface area contributed by atoms with E-state index in [9.17, 15) is 18.5 Å². The minimum Gasteiger partial charge on any atom is -0.376 e. The minimum atomic E-state index is -3.47. The summed E-state index contributed by atoms with van der Waals surface area (Å²) >= 11 is 0. The van der Waals surface area contributed by atoms with E-state index in [2.05, 4.69) is 5.32 Å². The molecule has 7 nitrogen and oxygen atoms in total. The number of nitrogens with two attached hydrogens (primary N) is 1. The Kier molecular flexibility index (Phi) is 4.25. The first-order valence-corrected chi connectivity index (χ1v) is 7.10. The first-order valence-electron chi connectivity index (χ1n) is 5.21. The van der Waals surface area contributed by atoms with Crippen LogP contribution >= 0.6 is 0 Å². The number of nitro benzene ring substituents is 1. The number of nitrogens with zero attached hydrogens (tertiary/aromatic N) is 1. The molecule has 0 amide bonds.